The molecule has 1 atom stereocenters. The van der Waals surface area contributed by atoms with Crippen molar-refractivity contribution in [1.29, 1.82) is 0 Å². The summed E-state index contributed by atoms with van der Waals surface area (Å²) < 4.78 is 10.5. The lowest BCUT2D eigenvalue weighted by molar-refractivity contribution is 0.186. The highest BCUT2D eigenvalue weighted by Gasteiger charge is 2.12. The van der Waals surface area contributed by atoms with Gasteiger partial charge in [-0.2, -0.15) is 0 Å². The van der Waals surface area contributed by atoms with Crippen LogP contribution in [0.2, 0.25) is 0 Å². The van der Waals surface area contributed by atoms with Gasteiger partial charge < -0.3 is 25.6 Å². The minimum absolute atomic E-state index is 0.130. The summed E-state index contributed by atoms with van der Waals surface area (Å²) in [7, 11) is 3.14. The molecule has 0 aliphatic carbocycles. The molecule has 0 bridgehead atoms. The number of aliphatic hydroxyl groups is 1. The summed E-state index contributed by atoms with van der Waals surface area (Å²) in [5.41, 5.74) is 10.1. The molecule has 6 heteroatoms. The SMILES string of the molecule is CCc1cccc(CC)c1NC(N)=NCC(O)c1cc(OC)cc(OC)c1. The number of rotatable bonds is 8. The van der Waals surface area contributed by atoms with Crippen molar-refractivity contribution in [3.63, 3.8) is 0 Å². The normalized spacial score (nSPS) is 12.6. The second kappa shape index (κ2) is 9.83. The van der Waals surface area contributed by atoms with E-state index < -0.39 is 6.10 Å². The van der Waals surface area contributed by atoms with Gasteiger partial charge in [0.15, 0.2) is 5.96 Å². The number of ether oxygens (including phenoxy) is 2. The number of aryl methyl sites for hydroxylation is 2. The Labute approximate surface area is 161 Å². The maximum absolute atomic E-state index is 10.5. The van der Waals surface area contributed by atoms with E-state index in [9.17, 15) is 5.11 Å². The Morgan fingerprint density at radius 1 is 1.07 bits per heavy atom. The highest BCUT2D eigenvalue weighted by molar-refractivity contribution is 5.93. The van der Waals surface area contributed by atoms with Gasteiger partial charge in [-0.1, -0.05) is 32.0 Å². The van der Waals surface area contributed by atoms with Crippen molar-refractivity contribution in [1.82, 2.24) is 0 Å². The standard InChI is InChI=1S/C21H29N3O3/c1-5-14-8-7-9-15(6-2)20(14)24-21(22)23-13-19(25)16-10-17(26-3)12-18(11-16)27-4/h7-12,19,25H,5-6,13H2,1-4H3,(H3,22,23,24). The number of hydrogen-bond acceptors (Lipinski definition) is 4. The third-order valence-corrected chi connectivity index (χ3v) is 4.45. The van der Waals surface area contributed by atoms with Crippen LogP contribution in [0.4, 0.5) is 5.69 Å². The minimum atomic E-state index is -0.818. The molecule has 0 heterocycles. The van der Waals surface area contributed by atoms with Crippen LogP contribution in [0.5, 0.6) is 11.5 Å². The van der Waals surface area contributed by atoms with E-state index in [4.69, 9.17) is 15.2 Å². The highest BCUT2D eigenvalue weighted by Crippen LogP contribution is 2.27. The van der Waals surface area contributed by atoms with Crippen LogP contribution in [0.1, 0.15) is 36.6 Å². The first-order valence-corrected chi connectivity index (χ1v) is 9.11. The van der Waals surface area contributed by atoms with Gasteiger partial charge in [-0.25, -0.2) is 0 Å². The molecular formula is C21H29N3O3. The highest BCUT2D eigenvalue weighted by atomic mass is 16.5. The van der Waals surface area contributed by atoms with E-state index in [1.165, 1.54) is 11.1 Å². The molecule has 1 unspecified atom stereocenters. The number of para-hydroxylation sites is 1. The molecule has 0 spiro atoms. The Kier molecular flexibility index (Phi) is 7.49. The van der Waals surface area contributed by atoms with Gasteiger partial charge in [0.2, 0.25) is 0 Å². The molecule has 146 valence electrons. The Morgan fingerprint density at radius 2 is 1.63 bits per heavy atom. The van der Waals surface area contributed by atoms with Crippen molar-refractivity contribution in [3.05, 3.63) is 53.1 Å². The van der Waals surface area contributed by atoms with Gasteiger partial charge in [0.1, 0.15) is 11.5 Å². The maximum atomic E-state index is 10.5. The molecule has 4 N–H and O–H groups in total. The zero-order chi connectivity index (χ0) is 19.8. The second-order valence-corrected chi connectivity index (χ2v) is 6.17. The fourth-order valence-corrected chi connectivity index (χ4v) is 2.88. The number of aliphatic hydroxyl groups excluding tert-OH is 1. The lowest BCUT2D eigenvalue weighted by Gasteiger charge is -2.16. The molecule has 0 aliphatic heterocycles. The first-order valence-electron chi connectivity index (χ1n) is 9.11. The van der Waals surface area contributed by atoms with Crippen LogP contribution < -0.4 is 20.5 Å². The number of anilines is 1. The Hall–Kier alpha value is -2.73. The zero-order valence-corrected chi connectivity index (χ0v) is 16.5. The van der Waals surface area contributed by atoms with Gasteiger partial charge in [0.25, 0.3) is 0 Å². The van der Waals surface area contributed by atoms with Gasteiger partial charge in [-0.05, 0) is 41.7 Å². The Balaban J connectivity index is 2.14. The first kappa shape index (κ1) is 20.6. The summed E-state index contributed by atoms with van der Waals surface area (Å²) in [5.74, 6) is 1.50. The summed E-state index contributed by atoms with van der Waals surface area (Å²) in [5, 5.41) is 13.7. The van der Waals surface area contributed by atoms with E-state index in [1.807, 2.05) is 0 Å². The van der Waals surface area contributed by atoms with E-state index in [2.05, 4.69) is 42.4 Å². The molecule has 0 aromatic heterocycles. The van der Waals surface area contributed by atoms with Crippen LogP contribution in [0.3, 0.4) is 0 Å². The van der Waals surface area contributed by atoms with Crippen LogP contribution in [-0.2, 0) is 12.8 Å². The number of nitrogens with one attached hydrogen (secondary N) is 1. The van der Waals surface area contributed by atoms with Crippen LogP contribution in [-0.4, -0.2) is 31.8 Å². The number of aliphatic imine (C=N–C) groups is 1. The van der Waals surface area contributed by atoms with Gasteiger partial charge >= 0.3 is 0 Å². The smallest absolute Gasteiger partial charge is 0.193 e. The summed E-state index contributed by atoms with van der Waals surface area (Å²) in [6.07, 6.45) is 0.979. The topological polar surface area (TPSA) is 89.1 Å². The average molecular weight is 371 g/mol. The molecule has 0 saturated carbocycles. The molecule has 0 amide bonds. The van der Waals surface area contributed by atoms with Crippen LogP contribution >= 0.6 is 0 Å². The molecule has 0 radical (unpaired) electrons. The largest absolute Gasteiger partial charge is 0.497 e. The van der Waals surface area contributed by atoms with Crippen molar-refractivity contribution in [2.45, 2.75) is 32.8 Å². The van der Waals surface area contributed by atoms with Crippen molar-refractivity contribution < 1.29 is 14.6 Å². The summed E-state index contributed by atoms with van der Waals surface area (Å²) in [6, 6.07) is 11.5. The van der Waals surface area contributed by atoms with Crippen molar-refractivity contribution in [2.75, 3.05) is 26.1 Å². The van der Waals surface area contributed by atoms with Crippen LogP contribution in [0.25, 0.3) is 0 Å². The number of guanidine groups is 1. The number of nitrogens with zero attached hydrogens (tertiary/aromatic N) is 1. The van der Waals surface area contributed by atoms with E-state index >= 15 is 0 Å². The van der Waals surface area contributed by atoms with Gasteiger partial charge in [-0.3, -0.25) is 4.99 Å². The van der Waals surface area contributed by atoms with Crippen molar-refractivity contribution in [3.8, 4) is 11.5 Å². The van der Waals surface area contributed by atoms with Crippen LogP contribution in [0.15, 0.2) is 41.4 Å². The number of hydrogen-bond donors (Lipinski definition) is 3. The molecule has 2 aromatic rings. The van der Waals surface area contributed by atoms with E-state index in [1.54, 1.807) is 32.4 Å². The lowest BCUT2D eigenvalue weighted by atomic mass is 10.0. The third-order valence-electron chi connectivity index (χ3n) is 4.45. The van der Waals surface area contributed by atoms with Crippen molar-refractivity contribution in [2.24, 2.45) is 10.7 Å². The predicted molar refractivity (Wildman–Crippen MR) is 110 cm³/mol. The summed E-state index contributed by atoms with van der Waals surface area (Å²) in [4.78, 5) is 4.31. The Bertz CT molecular complexity index is 746. The van der Waals surface area contributed by atoms with Gasteiger partial charge in [0.05, 0.1) is 26.9 Å². The molecule has 0 fully saturated rings. The van der Waals surface area contributed by atoms with E-state index in [0.717, 1.165) is 18.5 Å². The lowest BCUT2D eigenvalue weighted by Crippen LogP contribution is -2.25. The minimum Gasteiger partial charge on any atom is -0.497 e. The number of benzene rings is 2. The van der Waals surface area contributed by atoms with Gasteiger partial charge in [0, 0.05) is 11.8 Å². The third kappa shape index (κ3) is 5.37. The molecule has 0 aliphatic rings. The van der Waals surface area contributed by atoms with E-state index in [0.29, 0.717) is 17.1 Å². The molecular weight excluding hydrogens is 342 g/mol. The average Bonchev–Trinajstić information content (AvgIpc) is 2.71. The quantitative estimate of drug-likeness (QED) is 0.489. The fourth-order valence-electron chi connectivity index (χ4n) is 2.88. The molecule has 2 aromatic carbocycles. The van der Waals surface area contributed by atoms with Crippen molar-refractivity contribution >= 4 is 11.6 Å². The molecule has 27 heavy (non-hydrogen) atoms. The molecule has 0 saturated heterocycles. The summed E-state index contributed by atoms with van der Waals surface area (Å²) >= 11 is 0. The maximum Gasteiger partial charge on any atom is 0.193 e. The zero-order valence-electron chi connectivity index (χ0n) is 16.5. The van der Waals surface area contributed by atoms with Crippen LogP contribution in [0, 0.1) is 0 Å². The predicted octanol–water partition coefficient (Wildman–Crippen LogP) is 3.29. The first-order chi connectivity index (χ1) is 13.0. The molecule has 6 nitrogen and oxygen atoms in total. The second-order valence-electron chi connectivity index (χ2n) is 6.17. The Morgan fingerprint density at radius 3 is 2.11 bits per heavy atom. The number of nitrogens with two attached hydrogens (primary N) is 1. The monoisotopic (exact) mass is 371 g/mol. The van der Waals surface area contributed by atoms with E-state index in [-0.39, 0.29) is 12.5 Å². The number of methoxy groups -OCH3 is 2. The molecule has 2 rings (SSSR count). The fraction of sp³-hybridized carbons (Fsp3) is 0.381. The summed E-state index contributed by atoms with van der Waals surface area (Å²) in [6.45, 7) is 4.34. The van der Waals surface area contributed by atoms with Gasteiger partial charge in [-0.15, -0.1) is 0 Å².